The first-order chi connectivity index (χ1) is 10.1. The van der Waals surface area contributed by atoms with E-state index in [0.717, 1.165) is 12.2 Å². The average molecular weight is 305 g/mol. The van der Waals surface area contributed by atoms with Crippen molar-refractivity contribution in [1.29, 1.82) is 0 Å². The molecular formula is C15H19N3O2S. The molecule has 1 N–H and O–H groups in total. The molecule has 3 rings (SSSR count). The van der Waals surface area contributed by atoms with E-state index in [1.807, 2.05) is 24.6 Å². The maximum atomic E-state index is 12.1. The lowest BCUT2D eigenvalue weighted by atomic mass is 9.93. The second-order valence-electron chi connectivity index (χ2n) is 5.47. The quantitative estimate of drug-likeness (QED) is 0.938. The number of nitrogens with one attached hydrogen (secondary N) is 1. The highest BCUT2D eigenvalue weighted by atomic mass is 32.1. The summed E-state index contributed by atoms with van der Waals surface area (Å²) in [4.78, 5) is 17.6. The lowest BCUT2D eigenvalue weighted by molar-refractivity contribution is -0.124. The fraction of sp³-hybridized carbons (Fsp3) is 0.467. The van der Waals surface area contributed by atoms with Crippen LogP contribution in [-0.4, -0.2) is 28.6 Å². The number of ether oxygens (including phenoxy) is 1. The fourth-order valence-electron chi connectivity index (χ4n) is 2.65. The molecule has 0 saturated carbocycles. The predicted molar refractivity (Wildman–Crippen MR) is 81.3 cm³/mol. The van der Waals surface area contributed by atoms with Crippen LogP contribution in [0.3, 0.4) is 0 Å². The van der Waals surface area contributed by atoms with Crippen LogP contribution in [0.1, 0.15) is 23.2 Å². The van der Waals surface area contributed by atoms with Crippen LogP contribution in [0, 0.1) is 6.92 Å². The van der Waals surface area contributed by atoms with Gasteiger partial charge < -0.3 is 14.6 Å². The van der Waals surface area contributed by atoms with Crippen molar-refractivity contribution in [3.05, 3.63) is 40.1 Å². The van der Waals surface area contributed by atoms with Gasteiger partial charge in [-0.2, -0.15) is 0 Å². The molecule has 21 heavy (non-hydrogen) atoms. The van der Waals surface area contributed by atoms with Gasteiger partial charge in [-0.1, -0.05) is 0 Å². The molecule has 1 aliphatic rings. The summed E-state index contributed by atoms with van der Waals surface area (Å²) in [6.45, 7) is 5.42. The Kier molecular flexibility index (Phi) is 3.82. The van der Waals surface area contributed by atoms with Crippen molar-refractivity contribution < 1.29 is 9.53 Å². The van der Waals surface area contributed by atoms with E-state index in [2.05, 4.69) is 21.7 Å². The first kappa shape index (κ1) is 14.3. The Morgan fingerprint density at radius 1 is 1.62 bits per heavy atom. The third-order valence-corrected chi connectivity index (χ3v) is 4.91. The molecule has 0 aliphatic carbocycles. The molecule has 2 aromatic heterocycles. The van der Waals surface area contributed by atoms with Gasteiger partial charge in [-0.15, -0.1) is 11.3 Å². The van der Waals surface area contributed by atoms with Gasteiger partial charge in [0, 0.05) is 23.7 Å². The van der Waals surface area contributed by atoms with Crippen molar-refractivity contribution in [2.24, 2.45) is 0 Å². The topological polar surface area (TPSA) is 56.2 Å². The van der Waals surface area contributed by atoms with Crippen LogP contribution in [-0.2, 0) is 28.1 Å². The molecule has 0 radical (unpaired) electrons. The van der Waals surface area contributed by atoms with Crippen LogP contribution in [0.25, 0.3) is 0 Å². The molecule has 2 aromatic rings. The summed E-state index contributed by atoms with van der Waals surface area (Å²) in [7, 11) is 0. The highest BCUT2D eigenvalue weighted by molar-refractivity contribution is 7.10. The van der Waals surface area contributed by atoms with Crippen molar-refractivity contribution >= 4 is 17.2 Å². The summed E-state index contributed by atoms with van der Waals surface area (Å²) in [6, 6.07) is 2.10. The van der Waals surface area contributed by atoms with Crippen molar-refractivity contribution in [3.8, 4) is 0 Å². The molecule has 5 nitrogen and oxygen atoms in total. The van der Waals surface area contributed by atoms with Gasteiger partial charge in [0.15, 0.2) is 0 Å². The number of aryl methyl sites for hydroxylation is 1. The van der Waals surface area contributed by atoms with Crippen molar-refractivity contribution in [1.82, 2.24) is 14.9 Å². The minimum absolute atomic E-state index is 0.0247. The van der Waals surface area contributed by atoms with Gasteiger partial charge in [0.25, 0.3) is 0 Å². The van der Waals surface area contributed by atoms with Crippen LogP contribution in [0.4, 0.5) is 0 Å². The van der Waals surface area contributed by atoms with Crippen LogP contribution < -0.4 is 5.32 Å². The number of thiophene rings is 1. The highest BCUT2D eigenvalue weighted by Gasteiger charge is 2.34. The first-order valence-electron chi connectivity index (χ1n) is 7.04. The number of fused-ring (bicyclic) bond motifs is 1. The lowest BCUT2D eigenvalue weighted by Gasteiger charge is -2.34. The molecule has 1 amide bonds. The molecule has 0 bridgehead atoms. The van der Waals surface area contributed by atoms with E-state index in [0.29, 0.717) is 19.7 Å². The fourth-order valence-corrected chi connectivity index (χ4v) is 3.63. The number of hydrogen-bond acceptors (Lipinski definition) is 4. The SMILES string of the molecule is Cc1nccn1CC(=O)NCC1(C)OCCc2sccc21. The normalized spacial score (nSPS) is 21.0. The van der Waals surface area contributed by atoms with Gasteiger partial charge in [0.05, 0.1) is 13.2 Å². The number of carbonyl (C=O) groups is 1. The molecular weight excluding hydrogens is 286 g/mol. The summed E-state index contributed by atoms with van der Waals surface area (Å²) >= 11 is 1.76. The monoisotopic (exact) mass is 305 g/mol. The molecule has 0 spiro atoms. The van der Waals surface area contributed by atoms with E-state index in [4.69, 9.17) is 4.74 Å². The molecule has 3 heterocycles. The number of amides is 1. The Morgan fingerprint density at radius 2 is 2.48 bits per heavy atom. The molecule has 6 heteroatoms. The van der Waals surface area contributed by atoms with Crippen molar-refractivity contribution in [2.45, 2.75) is 32.4 Å². The smallest absolute Gasteiger partial charge is 0.240 e. The van der Waals surface area contributed by atoms with Gasteiger partial charge in [-0.3, -0.25) is 4.79 Å². The second kappa shape index (κ2) is 5.61. The zero-order valence-corrected chi connectivity index (χ0v) is 13.1. The van der Waals surface area contributed by atoms with E-state index < -0.39 is 5.60 Å². The van der Waals surface area contributed by atoms with Gasteiger partial charge >= 0.3 is 0 Å². The number of hydrogen-bond donors (Lipinski definition) is 1. The van der Waals surface area contributed by atoms with E-state index in [1.54, 1.807) is 17.5 Å². The Morgan fingerprint density at radius 3 is 3.24 bits per heavy atom. The molecule has 1 atom stereocenters. The standard InChI is InChI=1S/C15H19N3O2S/c1-11-16-5-6-18(11)9-14(19)17-10-15(2)12-4-8-21-13(12)3-7-20-15/h4-6,8H,3,7,9-10H2,1-2H3,(H,17,19). The van der Waals surface area contributed by atoms with Crippen LogP contribution in [0.15, 0.2) is 23.8 Å². The predicted octanol–water partition coefficient (Wildman–Crippen LogP) is 1.86. The number of rotatable bonds is 4. The van der Waals surface area contributed by atoms with Gasteiger partial charge in [-0.25, -0.2) is 4.98 Å². The maximum absolute atomic E-state index is 12.1. The lowest BCUT2D eigenvalue weighted by Crippen LogP contribution is -2.44. The minimum atomic E-state index is -0.423. The maximum Gasteiger partial charge on any atom is 0.240 e. The van der Waals surface area contributed by atoms with Crippen LogP contribution >= 0.6 is 11.3 Å². The van der Waals surface area contributed by atoms with E-state index in [-0.39, 0.29) is 5.91 Å². The number of nitrogens with zero attached hydrogens (tertiary/aromatic N) is 2. The summed E-state index contributed by atoms with van der Waals surface area (Å²) in [5.41, 5.74) is 0.783. The summed E-state index contributed by atoms with van der Waals surface area (Å²) in [5, 5.41) is 5.07. The zero-order chi connectivity index (χ0) is 14.9. The summed E-state index contributed by atoms with van der Waals surface area (Å²) < 4.78 is 7.76. The first-order valence-corrected chi connectivity index (χ1v) is 7.92. The van der Waals surface area contributed by atoms with Crippen LogP contribution in [0.5, 0.6) is 0 Å². The Labute approximate surface area is 128 Å². The van der Waals surface area contributed by atoms with E-state index in [9.17, 15) is 4.79 Å². The Bertz CT molecular complexity index is 649. The van der Waals surface area contributed by atoms with Gasteiger partial charge in [0.2, 0.25) is 5.91 Å². The zero-order valence-electron chi connectivity index (χ0n) is 12.3. The molecule has 0 saturated heterocycles. The molecule has 1 unspecified atom stereocenters. The van der Waals surface area contributed by atoms with Crippen LogP contribution in [0.2, 0.25) is 0 Å². The molecule has 0 aromatic carbocycles. The third kappa shape index (κ3) is 2.87. The van der Waals surface area contributed by atoms with Crippen molar-refractivity contribution in [2.75, 3.05) is 13.2 Å². The number of carbonyl (C=O) groups excluding carboxylic acids is 1. The largest absolute Gasteiger partial charge is 0.368 e. The van der Waals surface area contributed by atoms with Gasteiger partial charge in [0.1, 0.15) is 18.0 Å². The summed E-state index contributed by atoms with van der Waals surface area (Å²) in [6.07, 6.45) is 4.47. The minimum Gasteiger partial charge on any atom is -0.368 e. The Balaban J connectivity index is 1.63. The third-order valence-electron chi connectivity index (χ3n) is 3.93. The van der Waals surface area contributed by atoms with E-state index in [1.165, 1.54) is 10.4 Å². The summed E-state index contributed by atoms with van der Waals surface area (Å²) in [5.74, 6) is 0.814. The molecule has 112 valence electrons. The number of imidazole rings is 1. The van der Waals surface area contributed by atoms with Crippen molar-refractivity contribution in [3.63, 3.8) is 0 Å². The number of aromatic nitrogens is 2. The second-order valence-corrected chi connectivity index (χ2v) is 6.47. The Hall–Kier alpha value is -1.66. The van der Waals surface area contributed by atoms with Gasteiger partial charge in [-0.05, 0) is 30.9 Å². The molecule has 1 aliphatic heterocycles. The van der Waals surface area contributed by atoms with E-state index >= 15 is 0 Å². The molecule has 0 fully saturated rings. The average Bonchev–Trinajstić information content (AvgIpc) is 3.08. The highest BCUT2D eigenvalue weighted by Crippen LogP contribution is 2.35.